The third-order valence-corrected chi connectivity index (χ3v) is 3.79. The smallest absolute Gasteiger partial charge is 0.127 e. The highest BCUT2D eigenvalue weighted by Gasteiger charge is 2.09. The fraction of sp³-hybridized carbons (Fsp3) is 0.100. The van der Waals surface area contributed by atoms with Crippen molar-refractivity contribution in [1.82, 2.24) is 0 Å². The minimum atomic E-state index is 0.555. The van der Waals surface area contributed by atoms with Crippen LogP contribution < -0.4 is 10.5 Å². The highest BCUT2D eigenvalue weighted by atomic mass is 16.5. The molecule has 22 heavy (non-hydrogen) atoms. The van der Waals surface area contributed by atoms with E-state index in [1.54, 1.807) is 0 Å². The monoisotopic (exact) mass is 289 g/mol. The van der Waals surface area contributed by atoms with E-state index in [4.69, 9.17) is 10.5 Å². The lowest BCUT2D eigenvalue weighted by molar-refractivity contribution is 0.307. The van der Waals surface area contributed by atoms with E-state index in [0.717, 1.165) is 33.7 Å². The van der Waals surface area contributed by atoms with Crippen LogP contribution in [-0.4, -0.2) is 0 Å². The number of nitrogen functional groups attached to an aromatic ring is 1. The van der Waals surface area contributed by atoms with Gasteiger partial charge in [0.2, 0.25) is 0 Å². The molecule has 2 N–H and O–H groups in total. The van der Waals surface area contributed by atoms with Gasteiger partial charge in [0.25, 0.3) is 0 Å². The molecule has 0 saturated carbocycles. The summed E-state index contributed by atoms with van der Waals surface area (Å²) in [6.45, 7) is 2.60. The fourth-order valence-electron chi connectivity index (χ4n) is 2.50. The molecule has 0 heterocycles. The molecular formula is C20H19NO. The highest BCUT2D eigenvalue weighted by Crippen LogP contribution is 2.34. The normalized spacial score (nSPS) is 10.4. The molecule has 0 spiro atoms. The molecule has 0 bridgehead atoms. The maximum atomic E-state index is 6.03. The van der Waals surface area contributed by atoms with E-state index in [-0.39, 0.29) is 0 Å². The Kier molecular flexibility index (Phi) is 4.10. The lowest BCUT2D eigenvalue weighted by atomic mass is 9.98. The van der Waals surface area contributed by atoms with Gasteiger partial charge in [-0.1, -0.05) is 60.7 Å². The largest absolute Gasteiger partial charge is 0.488 e. The van der Waals surface area contributed by atoms with Crippen molar-refractivity contribution >= 4 is 5.69 Å². The average Bonchev–Trinajstić information content (AvgIpc) is 2.57. The predicted molar refractivity (Wildman–Crippen MR) is 91.8 cm³/mol. The molecule has 0 amide bonds. The Balaban J connectivity index is 1.92. The molecule has 0 atom stereocenters. The Morgan fingerprint density at radius 1 is 0.773 bits per heavy atom. The standard InChI is InChI=1S/C20H19NO/c1-15-17(11-7-12-19(15)21)18-10-5-6-13-20(18)22-14-16-8-3-2-4-9-16/h2-13H,14,21H2,1H3. The molecular weight excluding hydrogens is 270 g/mol. The van der Waals surface area contributed by atoms with Crippen molar-refractivity contribution in [3.63, 3.8) is 0 Å². The summed E-state index contributed by atoms with van der Waals surface area (Å²) in [5, 5.41) is 0. The van der Waals surface area contributed by atoms with Gasteiger partial charge in [0.1, 0.15) is 12.4 Å². The van der Waals surface area contributed by atoms with Gasteiger partial charge < -0.3 is 10.5 Å². The molecule has 2 nitrogen and oxygen atoms in total. The van der Waals surface area contributed by atoms with Gasteiger partial charge in [-0.2, -0.15) is 0 Å². The van der Waals surface area contributed by atoms with E-state index in [2.05, 4.69) is 24.3 Å². The number of benzene rings is 3. The van der Waals surface area contributed by atoms with E-state index >= 15 is 0 Å². The second-order valence-electron chi connectivity index (χ2n) is 5.29. The zero-order chi connectivity index (χ0) is 15.4. The highest BCUT2D eigenvalue weighted by molar-refractivity contribution is 5.77. The van der Waals surface area contributed by atoms with E-state index in [9.17, 15) is 0 Å². The van der Waals surface area contributed by atoms with Crippen LogP contribution in [0, 0.1) is 6.92 Å². The maximum absolute atomic E-state index is 6.03. The first-order valence-electron chi connectivity index (χ1n) is 7.37. The molecule has 110 valence electrons. The van der Waals surface area contributed by atoms with Gasteiger partial charge in [-0.05, 0) is 35.7 Å². The lowest BCUT2D eigenvalue weighted by Crippen LogP contribution is -1.98. The van der Waals surface area contributed by atoms with Crippen LogP contribution in [0.1, 0.15) is 11.1 Å². The van der Waals surface area contributed by atoms with Gasteiger partial charge in [0.05, 0.1) is 0 Å². The van der Waals surface area contributed by atoms with Gasteiger partial charge in [0.15, 0.2) is 0 Å². The van der Waals surface area contributed by atoms with Crippen LogP contribution in [0.15, 0.2) is 72.8 Å². The van der Waals surface area contributed by atoms with E-state index in [1.165, 1.54) is 0 Å². The van der Waals surface area contributed by atoms with Crippen LogP contribution in [0.2, 0.25) is 0 Å². The lowest BCUT2D eigenvalue weighted by Gasteiger charge is -2.14. The SMILES string of the molecule is Cc1c(N)cccc1-c1ccccc1OCc1ccccc1. The average molecular weight is 289 g/mol. The van der Waals surface area contributed by atoms with Crippen LogP contribution in [0.4, 0.5) is 5.69 Å². The van der Waals surface area contributed by atoms with Gasteiger partial charge in [0, 0.05) is 11.3 Å². The summed E-state index contributed by atoms with van der Waals surface area (Å²) < 4.78 is 6.03. The topological polar surface area (TPSA) is 35.2 Å². The summed E-state index contributed by atoms with van der Waals surface area (Å²) in [5.74, 6) is 0.875. The second kappa shape index (κ2) is 6.35. The maximum Gasteiger partial charge on any atom is 0.127 e. The number of nitrogens with two attached hydrogens (primary N) is 1. The first-order valence-corrected chi connectivity index (χ1v) is 7.37. The molecule has 0 fully saturated rings. The van der Waals surface area contributed by atoms with Crippen molar-refractivity contribution in [2.75, 3.05) is 5.73 Å². The fourth-order valence-corrected chi connectivity index (χ4v) is 2.50. The summed E-state index contributed by atoms with van der Waals surface area (Å²) in [6.07, 6.45) is 0. The van der Waals surface area contributed by atoms with Crippen molar-refractivity contribution < 1.29 is 4.74 Å². The Bertz CT molecular complexity index is 766. The van der Waals surface area contributed by atoms with Gasteiger partial charge in [-0.25, -0.2) is 0 Å². The summed E-state index contributed by atoms with van der Waals surface area (Å²) in [5.41, 5.74) is 11.3. The first kappa shape index (κ1) is 14.2. The Morgan fingerprint density at radius 2 is 1.45 bits per heavy atom. The Labute approximate surface area is 131 Å². The third kappa shape index (κ3) is 2.96. The number of hydrogen-bond acceptors (Lipinski definition) is 2. The zero-order valence-electron chi connectivity index (χ0n) is 12.6. The zero-order valence-corrected chi connectivity index (χ0v) is 12.6. The molecule has 0 radical (unpaired) electrons. The van der Waals surface area contributed by atoms with Crippen LogP contribution in [0.25, 0.3) is 11.1 Å². The van der Waals surface area contributed by atoms with E-state index < -0.39 is 0 Å². The number of anilines is 1. The van der Waals surface area contributed by atoms with Gasteiger partial charge >= 0.3 is 0 Å². The summed E-state index contributed by atoms with van der Waals surface area (Å²) >= 11 is 0. The van der Waals surface area contributed by atoms with E-state index in [0.29, 0.717) is 6.61 Å². The van der Waals surface area contributed by atoms with Crippen molar-refractivity contribution in [3.05, 3.63) is 83.9 Å². The molecule has 0 aromatic heterocycles. The quantitative estimate of drug-likeness (QED) is 0.699. The molecule has 3 rings (SSSR count). The third-order valence-electron chi connectivity index (χ3n) is 3.79. The van der Waals surface area contributed by atoms with Crippen LogP contribution in [0.5, 0.6) is 5.75 Å². The number of hydrogen-bond donors (Lipinski definition) is 1. The van der Waals surface area contributed by atoms with Crippen LogP contribution in [-0.2, 0) is 6.61 Å². The first-order chi connectivity index (χ1) is 10.8. The van der Waals surface area contributed by atoms with Crippen molar-refractivity contribution in [3.8, 4) is 16.9 Å². The number of para-hydroxylation sites is 1. The molecule has 0 aliphatic heterocycles. The molecule has 2 heteroatoms. The second-order valence-corrected chi connectivity index (χ2v) is 5.29. The number of rotatable bonds is 4. The predicted octanol–water partition coefficient (Wildman–Crippen LogP) is 4.82. The number of ether oxygens (including phenoxy) is 1. The van der Waals surface area contributed by atoms with Gasteiger partial charge in [-0.3, -0.25) is 0 Å². The summed E-state index contributed by atoms with van der Waals surface area (Å²) in [4.78, 5) is 0. The molecule has 3 aromatic carbocycles. The Morgan fingerprint density at radius 3 is 2.27 bits per heavy atom. The molecule has 0 unspecified atom stereocenters. The Hall–Kier alpha value is -2.74. The molecule has 0 saturated heterocycles. The van der Waals surface area contributed by atoms with E-state index in [1.807, 2.05) is 55.5 Å². The van der Waals surface area contributed by atoms with Crippen molar-refractivity contribution in [1.29, 1.82) is 0 Å². The van der Waals surface area contributed by atoms with Gasteiger partial charge in [-0.15, -0.1) is 0 Å². The van der Waals surface area contributed by atoms with Crippen LogP contribution in [0.3, 0.4) is 0 Å². The molecule has 0 aliphatic carbocycles. The van der Waals surface area contributed by atoms with Crippen molar-refractivity contribution in [2.24, 2.45) is 0 Å². The molecule has 3 aromatic rings. The molecule has 0 aliphatic rings. The summed E-state index contributed by atoms with van der Waals surface area (Å²) in [6, 6.07) is 24.2. The summed E-state index contributed by atoms with van der Waals surface area (Å²) in [7, 11) is 0. The van der Waals surface area contributed by atoms with Crippen LogP contribution >= 0.6 is 0 Å². The minimum absolute atomic E-state index is 0.555. The van der Waals surface area contributed by atoms with Crippen molar-refractivity contribution in [2.45, 2.75) is 13.5 Å². The minimum Gasteiger partial charge on any atom is -0.488 e.